The Labute approximate surface area is 99.8 Å². The number of ketones is 1. The number of benzene rings is 1. The smallest absolute Gasteiger partial charge is 0.216 e. The molecule has 1 atom stereocenters. The third-order valence-electron chi connectivity index (χ3n) is 2.68. The van der Waals surface area contributed by atoms with Crippen LogP contribution < -0.4 is 0 Å². The molecule has 0 fully saturated rings. The molecule has 86 valence electrons. The van der Waals surface area contributed by atoms with Crippen molar-refractivity contribution >= 4 is 5.78 Å². The van der Waals surface area contributed by atoms with Crippen molar-refractivity contribution in [2.45, 2.75) is 12.5 Å². The Balaban J connectivity index is 2.37. The van der Waals surface area contributed by atoms with Gasteiger partial charge in [-0.25, -0.2) is 0 Å². The normalized spacial score (nSPS) is 14.0. The van der Waals surface area contributed by atoms with Crippen LogP contribution in [0.5, 0.6) is 0 Å². The SMILES string of the molecule is CC(O)(C(=O)c1ccccn1)c1ccccc1. The van der Waals surface area contributed by atoms with Crippen LogP contribution in [0, 0.1) is 0 Å². The molecular weight excluding hydrogens is 214 g/mol. The number of aliphatic hydroxyl groups is 1. The largest absolute Gasteiger partial charge is 0.377 e. The zero-order valence-corrected chi connectivity index (χ0v) is 9.50. The molecule has 1 N–H and O–H groups in total. The molecular formula is C14H13NO2. The Hall–Kier alpha value is -2.00. The molecule has 0 bridgehead atoms. The molecule has 17 heavy (non-hydrogen) atoms. The lowest BCUT2D eigenvalue weighted by molar-refractivity contribution is 0.0387. The molecule has 3 heteroatoms. The molecule has 1 unspecified atom stereocenters. The van der Waals surface area contributed by atoms with Crippen molar-refractivity contribution in [3.05, 3.63) is 66.0 Å². The molecule has 0 saturated carbocycles. The molecule has 0 aliphatic rings. The average molecular weight is 227 g/mol. The molecule has 0 aliphatic heterocycles. The van der Waals surface area contributed by atoms with E-state index in [1.807, 2.05) is 6.07 Å². The quantitative estimate of drug-likeness (QED) is 0.817. The molecule has 0 saturated heterocycles. The lowest BCUT2D eigenvalue weighted by Gasteiger charge is -2.21. The van der Waals surface area contributed by atoms with Gasteiger partial charge in [0.25, 0.3) is 0 Å². The van der Waals surface area contributed by atoms with Gasteiger partial charge in [0, 0.05) is 6.20 Å². The van der Waals surface area contributed by atoms with Gasteiger partial charge in [-0.05, 0) is 24.6 Å². The van der Waals surface area contributed by atoms with Gasteiger partial charge in [0.1, 0.15) is 5.69 Å². The van der Waals surface area contributed by atoms with Gasteiger partial charge in [-0.15, -0.1) is 0 Å². The van der Waals surface area contributed by atoms with E-state index in [-0.39, 0.29) is 5.69 Å². The second-order valence-corrected chi connectivity index (χ2v) is 3.98. The lowest BCUT2D eigenvalue weighted by atomic mass is 9.90. The number of carbonyl (C=O) groups excluding carboxylic acids is 1. The van der Waals surface area contributed by atoms with Crippen LogP contribution in [-0.2, 0) is 5.60 Å². The van der Waals surface area contributed by atoms with E-state index < -0.39 is 11.4 Å². The molecule has 1 aromatic carbocycles. The topological polar surface area (TPSA) is 50.2 Å². The van der Waals surface area contributed by atoms with Crippen molar-refractivity contribution < 1.29 is 9.90 Å². The van der Waals surface area contributed by atoms with Gasteiger partial charge in [0.15, 0.2) is 5.60 Å². The van der Waals surface area contributed by atoms with Crippen molar-refractivity contribution in [2.75, 3.05) is 0 Å². The van der Waals surface area contributed by atoms with Gasteiger partial charge in [-0.1, -0.05) is 36.4 Å². The molecule has 3 nitrogen and oxygen atoms in total. The van der Waals surface area contributed by atoms with Crippen LogP contribution in [0.3, 0.4) is 0 Å². The van der Waals surface area contributed by atoms with E-state index >= 15 is 0 Å². The standard InChI is InChI=1S/C14H13NO2/c1-14(17,11-7-3-2-4-8-11)13(16)12-9-5-6-10-15-12/h2-10,17H,1H3. The fraction of sp³-hybridized carbons (Fsp3) is 0.143. The molecule has 1 aromatic heterocycles. The van der Waals surface area contributed by atoms with Gasteiger partial charge in [-0.2, -0.15) is 0 Å². The monoisotopic (exact) mass is 227 g/mol. The summed E-state index contributed by atoms with van der Waals surface area (Å²) in [6, 6.07) is 13.9. The number of nitrogens with zero attached hydrogens (tertiary/aromatic N) is 1. The molecule has 2 rings (SSSR count). The first kappa shape index (κ1) is 11.5. The van der Waals surface area contributed by atoms with Crippen molar-refractivity contribution in [3.63, 3.8) is 0 Å². The first-order valence-corrected chi connectivity index (χ1v) is 5.36. The zero-order chi connectivity index (χ0) is 12.3. The summed E-state index contributed by atoms with van der Waals surface area (Å²) in [6.45, 7) is 1.49. The summed E-state index contributed by atoms with van der Waals surface area (Å²) in [6.07, 6.45) is 1.54. The van der Waals surface area contributed by atoms with Gasteiger partial charge in [-0.3, -0.25) is 9.78 Å². The van der Waals surface area contributed by atoms with Crippen LogP contribution in [0.25, 0.3) is 0 Å². The first-order chi connectivity index (χ1) is 8.12. The maximum atomic E-state index is 12.2. The highest BCUT2D eigenvalue weighted by molar-refractivity contribution is 6.00. The maximum absolute atomic E-state index is 12.2. The van der Waals surface area contributed by atoms with Crippen molar-refractivity contribution in [1.29, 1.82) is 0 Å². The van der Waals surface area contributed by atoms with Crippen LogP contribution in [0.2, 0.25) is 0 Å². The fourth-order valence-corrected chi connectivity index (χ4v) is 1.64. The first-order valence-electron chi connectivity index (χ1n) is 5.36. The molecule has 0 aliphatic carbocycles. The highest BCUT2D eigenvalue weighted by atomic mass is 16.3. The van der Waals surface area contributed by atoms with E-state index in [0.717, 1.165) is 0 Å². The van der Waals surface area contributed by atoms with E-state index in [4.69, 9.17) is 0 Å². The predicted octanol–water partition coefficient (Wildman–Crippen LogP) is 2.17. The average Bonchev–Trinajstić information content (AvgIpc) is 2.40. The molecule has 2 aromatic rings. The van der Waals surface area contributed by atoms with E-state index in [1.54, 1.807) is 42.5 Å². The Morgan fingerprint density at radius 3 is 2.35 bits per heavy atom. The Morgan fingerprint density at radius 1 is 1.12 bits per heavy atom. The van der Waals surface area contributed by atoms with Crippen LogP contribution >= 0.6 is 0 Å². The second-order valence-electron chi connectivity index (χ2n) is 3.98. The summed E-state index contributed by atoms with van der Waals surface area (Å²) in [7, 11) is 0. The van der Waals surface area contributed by atoms with Crippen LogP contribution in [0.4, 0.5) is 0 Å². The number of pyridine rings is 1. The number of Topliss-reactive ketones (excluding diaryl/α,β-unsaturated/α-hetero) is 1. The van der Waals surface area contributed by atoms with E-state index in [0.29, 0.717) is 5.56 Å². The number of rotatable bonds is 3. The van der Waals surface area contributed by atoms with Gasteiger partial charge < -0.3 is 5.11 Å². The summed E-state index contributed by atoms with van der Waals surface area (Å²) >= 11 is 0. The summed E-state index contributed by atoms with van der Waals surface area (Å²) in [5, 5.41) is 10.3. The van der Waals surface area contributed by atoms with Crippen LogP contribution in [-0.4, -0.2) is 15.9 Å². The van der Waals surface area contributed by atoms with Gasteiger partial charge in [0.05, 0.1) is 0 Å². The minimum absolute atomic E-state index is 0.265. The summed E-state index contributed by atoms with van der Waals surface area (Å²) in [5.74, 6) is -0.399. The number of hydrogen-bond donors (Lipinski definition) is 1. The second kappa shape index (κ2) is 4.47. The van der Waals surface area contributed by atoms with Crippen LogP contribution in [0.15, 0.2) is 54.7 Å². The Morgan fingerprint density at radius 2 is 1.76 bits per heavy atom. The lowest BCUT2D eigenvalue weighted by Crippen LogP contribution is -2.32. The number of aromatic nitrogens is 1. The molecule has 0 radical (unpaired) electrons. The van der Waals surface area contributed by atoms with Crippen molar-refractivity contribution in [3.8, 4) is 0 Å². The molecule has 0 spiro atoms. The van der Waals surface area contributed by atoms with Gasteiger partial charge in [0.2, 0.25) is 5.78 Å². The Bertz CT molecular complexity index is 506. The van der Waals surface area contributed by atoms with Gasteiger partial charge >= 0.3 is 0 Å². The fourth-order valence-electron chi connectivity index (χ4n) is 1.64. The zero-order valence-electron chi connectivity index (χ0n) is 9.50. The third kappa shape index (κ3) is 2.24. The molecule has 1 heterocycles. The maximum Gasteiger partial charge on any atom is 0.216 e. The van der Waals surface area contributed by atoms with E-state index in [2.05, 4.69) is 4.98 Å². The van der Waals surface area contributed by atoms with Crippen LogP contribution in [0.1, 0.15) is 23.0 Å². The predicted molar refractivity (Wildman–Crippen MR) is 64.6 cm³/mol. The summed E-state index contributed by atoms with van der Waals surface area (Å²) in [5.41, 5.74) is -0.715. The molecule has 0 amide bonds. The Kier molecular flexibility index (Phi) is 3.02. The minimum Gasteiger partial charge on any atom is -0.377 e. The van der Waals surface area contributed by atoms with Crippen molar-refractivity contribution in [2.24, 2.45) is 0 Å². The van der Waals surface area contributed by atoms with E-state index in [1.165, 1.54) is 13.1 Å². The highest BCUT2D eigenvalue weighted by Crippen LogP contribution is 2.24. The minimum atomic E-state index is -1.55. The van der Waals surface area contributed by atoms with E-state index in [9.17, 15) is 9.90 Å². The highest BCUT2D eigenvalue weighted by Gasteiger charge is 2.33. The number of hydrogen-bond acceptors (Lipinski definition) is 3. The van der Waals surface area contributed by atoms with Crippen molar-refractivity contribution in [1.82, 2.24) is 4.98 Å². The third-order valence-corrected chi connectivity index (χ3v) is 2.68. The number of carbonyl (C=O) groups is 1. The summed E-state index contributed by atoms with van der Waals surface area (Å²) < 4.78 is 0. The summed E-state index contributed by atoms with van der Waals surface area (Å²) in [4.78, 5) is 16.1.